The first-order valence-corrected chi connectivity index (χ1v) is 5.75. The lowest BCUT2D eigenvalue weighted by Crippen LogP contribution is -2.27. The van der Waals surface area contributed by atoms with E-state index >= 15 is 0 Å². The van der Waals surface area contributed by atoms with Gasteiger partial charge in [-0.15, -0.1) is 11.8 Å². The van der Waals surface area contributed by atoms with Crippen LogP contribution in [0.4, 0.5) is 0 Å². The van der Waals surface area contributed by atoms with Crippen molar-refractivity contribution in [2.24, 2.45) is 7.05 Å². The molecule has 0 aliphatic heterocycles. The molecule has 0 unspecified atom stereocenters. The fraction of sp³-hybridized carbons (Fsp3) is 0.600. The summed E-state index contributed by atoms with van der Waals surface area (Å²) in [5.74, 6) is 0.0315. The molecule has 0 fully saturated rings. The molecule has 5 heteroatoms. The van der Waals surface area contributed by atoms with E-state index in [0.29, 0.717) is 0 Å². The minimum absolute atomic E-state index is 0.706. The van der Waals surface area contributed by atoms with Crippen LogP contribution >= 0.6 is 11.8 Å². The molecule has 0 saturated heterocycles. The Morgan fingerprint density at radius 2 is 2.33 bits per heavy atom. The van der Waals surface area contributed by atoms with Gasteiger partial charge in [0, 0.05) is 13.2 Å². The van der Waals surface area contributed by atoms with Crippen molar-refractivity contribution in [1.82, 2.24) is 9.78 Å². The molecule has 0 saturated carbocycles. The molecule has 0 aliphatic rings. The van der Waals surface area contributed by atoms with Gasteiger partial charge in [0.15, 0.2) is 0 Å². The van der Waals surface area contributed by atoms with E-state index in [1.54, 1.807) is 18.5 Å². The first-order chi connectivity index (χ1) is 6.92. The minimum atomic E-state index is -0.765. The maximum atomic E-state index is 10.8. The third-order valence-electron chi connectivity index (χ3n) is 2.13. The minimum Gasteiger partial charge on any atom is -0.480 e. The molecular weight excluding hydrogens is 212 g/mol. The van der Waals surface area contributed by atoms with Gasteiger partial charge >= 0.3 is 5.97 Å². The van der Waals surface area contributed by atoms with Crippen molar-refractivity contribution in [3.8, 4) is 0 Å². The third-order valence-corrected chi connectivity index (χ3v) is 3.43. The highest BCUT2D eigenvalue weighted by Gasteiger charge is 2.27. The van der Waals surface area contributed by atoms with Crippen molar-refractivity contribution in [3.63, 3.8) is 0 Å². The maximum absolute atomic E-state index is 10.8. The highest BCUT2D eigenvalue weighted by atomic mass is 32.2. The van der Waals surface area contributed by atoms with Crippen LogP contribution in [0.5, 0.6) is 0 Å². The van der Waals surface area contributed by atoms with E-state index < -0.39 is 10.7 Å². The van der Waals surface area contributed by atoms with Gasteiger partial charge in [-0.25, -0.2) is 0 Å². The summed E-state index contributed by atoms with van der Waals surface area (Å²) in [6, 6.07) is 0. The van der Waals surface area contributed by atoms with Gasteiger partial charge in [-0.2, -0.15) is 5.10 Å². The molecule has 1 aromatic heterocycles. The predicted molar refractivity (Wildman–Crippen MR) is 61.1 cm³/mol. The monoisotopic (exact) mass is 228 g/mol. The number of hydrogen-bond donors (Lipinski definition) is 1. The van der Waals surface area contributed by atoms with Gasteiger partial charge in [0.05, 0.1) is 6.20 Å². The number of carbonyl (C=O) groups is 1. The molecule has 0 aromatic carbocycles. The lowest BCUT2D eigenvalue weighted by atomic mass is 10.2. The summed E-state index contributed by atoms with van der Waals surface area (Å²) in [6.07, 6.45) is 4.62. The van der Waals surface area contributed by atoms with Gasteiger partial charge in [0.2, 0.25) is 0 Å². The molecule has 15 heavy (non-hydrogen) atoms. The first kappa shape index (κ1) is 12.1. The van der Waals surface area contributed by atoms with Gasteiger partial charge in [0.1, 0.15) is 4.75 Å². The van der Waals surface area contributed by atoms with E-state index in [0.717, 1.165) is 17.7 Å². The number of rotatable bonds is 5. The normalized spacial score (nSPS) is 11.7. The zero-order valence-corrected chi connectivity index (χ0v) is 10.0. The summed E-state index contributed by atoms with van der Waals surface area (Å²) in [4.78, 5) is 10.8. The molecule has 84 valence electrons. The van der Waals surface area contributed by atoms with Crippen LogP contribution in [-0.2, 0) is 18.3 Å². The molecule has 4 nitrogen and oxygen atoms in total. The first-order valence-electron chi connectivity index (χ1n) is 4.77. The van der Waals surface area contributed by atoms with Crippen LogP contribution in [0.3, 0.4) is 0 Å². The van der Waals surface area contributed by atoms with Crippen LogP contribution in [0.2, 0.25) is 0 Å². The summed E-state index contributed by atoms with van der Waals surface area (Å²) >= 11 is 1.45. The van der Waals surface area contributed by atoms with Crippen molar-refractivity contribution in [1.29, 1.82) is 0 Å². The Kier molecular flexibility index (Phi) is 3.79. The summed E-state index contributed by atoms with van der Waals surface area (Å²) < 4.78 is 1.05. The van der Waals surface area contributed by atoms with Gasteiger partial charge in [-0.05, 0) is 31.6 Å². The molecule has 1 heterocycles. The Labute approximate surface area is 93.7 Å². The predicted octanol–water partition coefficient (Wildman–Crippen LogP) is 1.56. The van der Waals surface area contributed by atoms with Crippen molar-refractivity contribution in [2.45, 2.75) is 25.0 Å². The van der Waals surface area contributed by atoms with E-state index in [4.69, 9.17) is 5.11 Å². The standard InChI is InChI=1S/C10H16N2O2S/c1-10(2,9(13)14)15-5-4-8-6-11-12(3)7-8/h6-7H,4-5H2,1-3H3,(H,13,14). The fourth-order valence-electron chi connectivity index (χ4n) is 1.09. The van der Waals surface area contributed by atoms with E-state index in [-0.39, 0.29) is 0 Å². The van der Waals surface area contributed by atoms with Crippen LogP contribution in [-0.4, -0.2) is 31.4 Å². The second-order valence-corrected chi connectivity index (χ2v) is 5.65. The summed E-state index contributed by atoms with van der Waals surface area (Å²) in [7, 11) is 1.87. The van der Waals surface area contributed by atoms with Crippen LogP contribution in [0.25, 0.3) is 0 Å². The summed E-state index contributed by atoms with van der Waals surface area (Å²) in [6.45, 7) is 3.45. The van der Waals surface area contributed by atoms with E-state index in [2.05, 4.69) is 5.10 Å². The Bertz CT molecular complexity index is 347. The molecule has 1 aromatic rings. The number of nitrogens with zero attached hydrogens (tertiary/aromatic N) is 2. The fourth-order valence-corrected chi connectivity index (χ4v) is 2.06. The van der Waals surface area contributed by atoms with Crippen molar-refractivity contribution in [3.05, 3.63) is 18.0 Å². The molecule has 1 rings (SSSR count). The summed E-state index contributed by atoms with van der Waals surface area (Å²) in [5, 5.41) is 13.0. The Hall–Kier alpha value is -0.970. The van der Waals surface area contributed by atoms with E-state index in [9.17, 15) is 4.79 Å². The van der Waals surface area contributed by atoms with Crippen molar-refractivity contribution < 1.29 is 9.90 Å². The average molecular weight is 228 g/mol. The second-order valence-electron chi connectivity index (χ2n) is 3.94. The third kappa shape index (κ3) is 3.58. The lowest BCUT2D eigenvalue weighted by molar-refractivity contribution is -0.138. The van der Waals surface area contributed by atoms with Gasteiger partial charge in [-0.1, -0.05) is 0 Å². The molecule has 0 bridgehead atoms. The van der Waals surface area contributed by atoms with Crippen LogP contribution in [0, 0.1) is 0 Å². The van der Waals surface area contributed by atoms with Crippen LogP contribution < -0.4 is 0 Å². The Morgan fingerprint density at radius 3 is 2.80 bits per heavy atom. The molecule has 1 N–H and O–H groups in total. The smallest absolute Gasteiger partial charge is 0.319 e. The number of thioether (sulfide) groups is 1. The average Bonchev–Trinajstić information content (AvgIpc) is 2.51. The molecule has 0 atom stereocenters. The van der Waals surface area contributed by atoms with Crippen LogP contribution in [0.1, 0.15) is 19.4 Å². The number of aliphatic carboxylic acids is 1. The zero-order valence-electron chi connectivity index (χ0n) is 9.23. The van der Waals surface area contributed by atoms with Crippen molar-refractivity contribution >= 4 is 17.7 Å². The van der Waals surface area contributed by atoms with Crippen molar-refractivity contribution in [2.75, 3.05) is 5.75 Å². The quantitative estimate of drug-likeness (QED) is 0.831. The molecule has 0 aliphatic carbocycles. The number of aryl methyl sites for hydroxylation is 2. The topological polar surface area (TPSA) is 55.1 Å². The Balaban J connectivity index is 2.36. The second kappa shape index (κ2) is 4.70. The number of carboxylic acid groups (broad SMARTS) is 1. The number of hydrogen-bond acceptors (Lipinski definition) is 3. The van der Waals surface area contributed by atoms with Gasteiger partial charge in [-0.3, -0.25) is 9.48 Å². The lowest BCUT2D eigenvalue weighted by Gasteiger charge is -2.17. The van der Waals surface area contributed by atoms with E-state index in [1.165, 1.54) is 11.8 Å². The Morgan fingerprint density at radius 1 is 1.67 bits per heavy atom. The zero-order chi connectivity index (χ0) is 11.5. The van der Waals surface area contributed by atoms with Gasteiger partial charge < -0.3 is 5.11 Å². The van der Waals surface area contributed by atoms with Crippen LogP contribution in [0.15, 0.2) is 12.4 Å². The molecule has 0 spiro atoms. The number of aromatic nitrogens is 2. The largest absolute Gasteiger partial charge is 0.480 e. The number of carboxylic acids is 1. The SMILES string of the molecule is Cn1cc(CCSC(C)(C)C(=O)O)cn1. The summed E-state index contributed by atoms with van der Waals surface area (Å²) in [5.41, 5.74) is 1.14. The molecular formula is C10H16N2O2S. The highest BCUT2D eigenvalue weighted by Crippen LogP contribution is 2.25. The highest BCUT2D eigenvalue weighted by molar-refractivity contribution is 8.01. The van der Waals surface area contributed by atoms with E-state index in [1.807, 2.05) is 19.4 Å². The van der Waals surface area contributed by atoms with Gasteiger partial charge in [0.25, 0.3) is 0 Å². The molecule has 0 amide bonds. The molecule has 0 radical (unpaired) electrons. The maximum Gasteiger partial charge on any atom is 0.319 e.